The number of hydrogen-bond acceptors (Lipinski definition) is 2. The lowest BCUT2D eigenvalue weighted by Crippen LogP contribution is -2.50. The fourth-order valence-corrected chi connectivity index (χ4v) is 4.28. The quantitative estimate of drug-likeness (QED) is 0.555. The highest BCUT2D eigenvalue weighted by atomic mass is 35.5. The largest absolute Gasteiger partial charge is 0.340 e. The minimum atomic E-state index is -0.469. The average Bonchev–Trinajstić information content (AvgIpc) is 3.25. The number of nitrogens with zero attached hydrogens (tertiary/aromatic N) is 2. The standard InChI is InChI=1S/C23H26Cl3N3O2/c1-3-20(16-8-11-18(25)19(26)13-16)27-23(31)29-12-4-5-21(29)22(30)28(2)14-15-6-9-17(24)10-7-15/h6-11,13,20-21H,3-5,12,14H2,1-2H3,(H,27,31)/t20-,21+/m0/s1. The molecule has 5 nitrogen and oxygen atoms in total. The fraction of sp³-hybridized carbons (Fsp3) is 0.391. The number of carbonyl (C=O) groups excluding carboxylic acids is 2. The van der Waals surface area contributed by atoms with Gasteiger partial charge in [0.25, 0.3) is 0 Å². The maximum atomic E-state index is 13.1. The van der Waals surface area contributed by atoms with E-state index in [0.717, 1.165) is 17.5 Å². The first-order valence-electron chi connectivity index (χ1n) is 10.3. The number of likely N-dealkylation sites (N-methyl/N-ethyl adjacent to an activating group) is 1. The monoisotopic (exact) mass is 481 g/mol. The van der Waals surface area contributed by atoms with Crippen LogP contribution in [-0.4, -0.2) is 41.4 Å². The molecule has 0 aromatic heterocycles. The van der Waals surface area contributed by atoms with Crippen molar-refractivity contribution in [1.29, 1.82) is 0 Å². The predicted octanol–water partition coefficient (Wildman–Crippen LogP) is 5.93. The van der Waals surface area contributed by atoms with Gasteiger partial charge < -0.3 is 15.1 Å². The molecule has 166 valence electrons. The van der Waals surface area contributed by atoms with Crippen LogP contribution in [-0.2, 0) is 11.3 Å². The van der Waals surface area contributed by atoms with E-state index in [1.165, 1.54) is 0 Å². The molecule has 0 unspecified atom stereocenters. The van der Waals surface area contributed by atoms with Crippen molar-refractivity contribution in [1.82, 2.24) is 15.1 Å². The topological polar surface area (TPSA) is 52.7 Å². The number of nitrogens with one attached hydrogen (secondary N) is 1. The first-order valence-corrected chi connectivity index (χ1v) is 11.4. The summed E-state index contributed by atoms with van der Waals surface area (Å²) < 4.78 is 0. The van der Waals surface area contributed by atoms with E-state index >= 15 is 0 Å². The van der Waals surface area contributed by atoms with Crippen molar-refractivity contribution in [2.45, 2.75) is 44.8 Å². The van der Waals surface area contributed by atoms with Crippen molar-refractivity contribution in [2.24, 2.45) is 0 Å². The van der Waals surface area contributed by atoms with Gasteiger partial charge in [-0.05, 0) is 54.7 Å². The molecule has 8 heteroatoms. The zero-order valence-electron chi connectivity index (χ0n) is 17.6. The Bertz CT molecular complexity index is 936. The van der Waals surface area contributed by atoms with Crippen LogP contribution in [0.5, 0.6) is 0 Å². The van der Waals surface area contributed by atoms with E-state index < -0.39 is 6.04 Å². The zero-order chi connectivity index (χ0) is 22.5. The van der Waals surface area contributed by atoms with Crippen LogP contribution < -0.4 is 5.32 Å². The van der Waals surface area contributed by atoms with Gasteiger partial charge in [-0.1, -0.05) is 59.9 Å². The average molecular weight is 483 g/mol. The second-order valence-electron chi connectivity index (χ2n) is 7.76. The molecule has 1 fully saturated rings. The number of rotatable bonds is 6. The third-order valence-corrected chi connectivity index (χ3v) is 6.55. The molecule has 0 aliphatic carbocycles. The second-order valence-corrected chi connectivity index (χ2v) is 9.01. The molecule has 3 rings (SSSR count). The Hall–Kier alpha value is -1.95. The van der Waals surface area contributed by atoms with E-state index in [4.69, 9.17) is 34.8 Å². The highest BCUT2D eigenvalue weighted by molar-refractivity contribution is 6.42. The molecule has 0 bridgehead atoms. The Kier molecular flexibility index (Phi) is 8.09. The maximum Gasteiger partial charge on any atom is 0.318 e. The SMILES string of the molecule is CC[C@H](NC(=O)N1CCC[C@@H]1C(=O)N(C)Cc1ccc(Cl)cc1)c1ccc(Cl)c(Cl)c1. The molecule has 31 heavy (non-hydrogen) atoms. The molecule has 3 amide bonds. The second kappa shape index (κ2) is 10.6. The molecule has 0 saturated carbocycles. The van der Waals surface area contributed by atoms with Crippen LogP contribution in [0, 0.1) is 0 Å². The summed E-state index contributed by atoms with van der Waals surface area (Å²) in [6, 6.07) is 11.8. The van der Waals surface area contributed by atoms with Crippen molar-refractivity contribution < 1.29 is 9.59 Å². The van der Waals surface area contributed by atoms with Crippen LogP contribution in [0.1, 0.15) is 43.4 Å². The molecule has 1 aliphatic rings. The first kappa shape index (κ1) is 23.7. The molecular formula is C23H26Cl3N3O2. The van der Waals surface area contributed by atoms with Crippen molar-refractivity contribution in [3.05, 3.63) is 68.7 Å². The Morgan fingerprint density at radius 1 is 1.13 bits per heavy atom. The minimum absolute atomic E-state index is 0.0646. The summed E-state index contributed by atoms with van der Waals surface area (Å²) in [5, 5.41) is 4.63. The molecule has 1 heterocycles. The van der Waals surface area contributed by atoms with Gasteiger partial charge in [-0.2, -0.15) is 0 Å². The van der Waals surface area contributed by atoms with Gasteiger partial charge in [-0.15, -0.1) is 0 Å². The molecule has 0 spiro atoms. The molecule has 2 aromatic rings. The van der Waals surface area contributed by atoms with Gasteiger partial charge in [0, 0.05) is 25.2 Å². The highest BCUT2D eigenvalue weighted by Crippen LogP contribution is 2.28. The number of carbonyl (C=O) groups is 2. The summed E-state index contributed by atoms with van der Waals surface area (Å²) in [6.07, 6.45) is 2.13. The lowest BCUT2D eigenvalue weighted by Gasteiger charge is -2.30. The summed E-state index contributed by atoms with van der Waals surface area (Å²) in [5.74, 6) is -0.0646. The Morgan fingerprint density at radius 2 is 1.84 bits per heavy atom. The number of hydrogen-bond donors (Lipinski definition) is 1. The molecule has 1 N–H and O–H groups in total. The summed E-state index contributed by atoms with van der Waals surface area (Å²) in [6.45, 7) is 3.00. The van der Waals surface area contributed by atoms with Gasteiger partial charge in [0.15, 0.2) is 0 Å². The van der Waals surface area contributed by atoms with Crippen LogP contribution in [0.25, 0.3) is 0 Å². The number of likely N-dealkylation sites (tertiary alicyclic amines) is 1. The Labute approximate surface area is 198 Å². The van der Waals surface area contributed by atoms with Gasteiger partial charge in [0.05, 0.1) is 16.1 Å². The van der Waals surface area contributed by atoms with Gasteiger partial charge in [-0.25, -0.2) is 4.79 Å². The van der Waals surface area contributed by atoms with E-state index in [9.17, 15) is 9.59 Å². The van der Waals surface area contributed by atoms with Crippen molar-refractivity contribution in [2.75, 3.05) is 13.6 Å². The number of amides is 3. The van der Waals surface area contributed by atoms with Crippen LogP contribution in [0.4, 0.5) is 4.79 Å². The smallest absolute Gasteiger partial charge is 0.318 e. The van der Waals surface area contributed by atoms with Crippen LogP contribution in [0.2, 0.25) is 15.1 Å². The third kappa shape index (κ3) is 5.85. The summed E-state index contributed by atoms with van der Waals surface area (Å²) in [7, 11) is 1.76. The lowest BCUT2D eigenvalue weighted by atomic mass is 10.0. The first-order chi connectivity index (χ1) is 14.8. The van der Waals surface area contributed by atoms with Crippen LogP contribution >= 0.6 is 34.8 Å². The van der Waals surface area contributed by atoms with E-state index in [-0.39, 0.29) is 18.0 Å². The van der Waals surface area contributed by atoms with Crippen molar-refractivity contribution in [3.8, 4) is 0 Å². The maximum absolute atomic E-state index is 13.1. The van der Waals surface area contributed by atoms with Gasteiger partial charge >= 0.3 is 6.03 Å². The Balaban J connectivity index is 1.66. The summed E-state index contributed by atoms with van der Waals surface area (Å²) >= 11 is 18.1. The lowest BCUT2D eigenvalue weighted by molar-refractivity contribution is -0.134. The van der Waals surface area contributed by atoms with E-state index in [1.807, 2.05) is 25.1 Å². The number of halogens is 3. The van der Waals surface area contributed by atoms with E-state index in [0.29, 0.717) is 41.0 Å². The van der Waals surface area contributed by atoms with Gasteiger partial charge in [0.2, 0.25) is 5.91 Å². The van der Waals surface area contributed by atoms with Gasteiger partial charge in [-0.3, -0.25) is 4.79 Å². The molecule has 1 saturated heterocycles. The summed E-state index contributed by atoms with van der Waals surface area (Å²) in [5.41, 5.74) is 1.87. The minimum Gasteiger partial charge on any atom is -0.340 e. The Morgan fingerprint density at radius 3 is 2.48 bits per heavy atom. The van der Waals surface area contributed by atoms with Crippen LogP contribution in [0.15, 0.2) is 42.5 Å². The van der Waals surface area contributed by atoms with Crippen molar-refractivity contribution in [3.63, 3.8) is 0 Å². The molecule has 0 radical (unpaired) electrons. The summed E-state index contributed by atoms with van der Waals surface area (Å²) in [4.78, 5) is 29.4. The van der Waals surface area contributed by atoms with E-state index in [1.54, 1.807) is 41.1 Å². The van der Waals surface area contributed by atoms with Gasteiger partial charge in [0.1, 0.15) is 6.04 Å². The van der Waals surface area contributed by atoms with E-state index in [2.05, 4.69) is 5.32 Å². The van der Waals surface area contributed by atoms with Crippen molar-refractivity contribution >= 4 is 46.7 Å². The zero-order valence-corrected chi connectivity index (χ0v) is 19.8. The fourth-order valence-electron chi connectivity index (χ4n) is 3.84. The molecule has 2 aromatic carbocycles. The molecule has 1 aliphatic heterocycles. The van der Waals surface area contributed by atoms with Crippen LogP contribution in [0.3, 0.4) is 0 Å². The number of benzene rings is 2. The number of urea groups is 1. The third-order valence-electron chi connectivity index (χ3n) is 5.56. The normalized spacial score (nSPS) is 16.8. The molecular weight excluding hydrogens is 457 g/mol. The highest BCUT2D eigenvalue weighted by Gasteiger charge is 2.36. The predicted molar refractivity (Wildman–Crippen MR) is 126 cm³/mol. The molecule has 2 atom stereocenters.